The molecule has 0 unspecified atom stereocenters. The van der Waals surface area contributed by atoms with Gasteiger partial charge >= 0.3 is 0 Å². The maximum Gasteiger partial charge on any atom is 0.270 e. The second-order valence-electron chi connectivity index (χ2n) is 5.41. The van der Waals surface area contributed by atoms with Crippen molar-refractivity contribution in [1.29, 1.82) is 0 Å². The Morgan fingerprint density at radius 2 is 2.00 bits per heavy atom. The van der Waals surface area contributed by atoms with Crippen LogP contribution in [0.3, 0.4) is 0 Å². The minimum atomic E-state index is -0.517. The van der Waals surface area contributed by atoms with E-state index >= 15 is 0 Å². The molecular formula is C14H19N5O. The van der Waals surface area contributed by atoms with E-state index in [1.54, 1.807) is 10.9 Å². The maximum atomic E-state index is 12.4. The van der Waals surface area contributed by atoms with Crippen LogP contribution in [0.2, 0.25) is 0 Å². The molecule has 0 saturated carbocycles. The Morgan fingerprint density at radius 3 is 2.60 bits per heavy atom. The standard InChI is InChI=1S/C14H19N5O/c1-9-10(2)15-8-16-12(9)13(20)18-14(3,4)11-6-17-19(5)7-11/h6-8H,1-5H3,(H,18,20). The Morgan fingerprint density at radius 1 is 1.30 bits per heavy atom. The number of aromatic nitrogens is 4. The minimum Gasteiger partial charge on any atom is -0.342 e. The molecule has 2 aromatic heterocycles. The van der Waals surface area contributed by atoms with Crippen molar-refractivity contribution < 1.29 is 4.79 Å². The number of amides is 1. The van der Waals surface area contributed by atoms with Gasteiger partial charge in [0.15, 0.2) is 0 Å². The molecule has 2 aromatic rings. The second-order valence-corrected chi connectivity index (χ2v) is 5.41. The molecule has 1 amide bonds. The SMILES string of the molecule is Cc1ncnc(C(=O)NC(C)(C)c2cnn(C)c2)c1C. The topological polar surface area (TPSA) is 72.7 Å². The molecule has 0 aliphatic heterocycles. The Kier molecular flexibility index (Phi) is 3.57. The lowest BCUT2D eigenvalue weighted by Gasteiger charge is -2.25. The Bertz CT molecular complexity index is 645. The van der Waals surface area contributed by atoms with Crippen LogP contribution >= 0.6 is 0 Å². The third-order valence-corrected chi connectivity index (χ3v) is 3.40. The average molecular weight is 273 g/mol. The predicted octanol–water partition coefficient (Wildman–Crippen LogP) is 1.49. The van der Waals surface area contributed by atoms with Crippen molar-refractivity contribution in [1.82, 2.24) is 25.1 Å². The van der Waals surface area contributed by atoms with E-state index in [9.17, 15) is 4.79 Å². The van der Waals surface area contributed by atoms with Crippen LogP contribution in [0.1, 0.15) is 41.2 Å². The first kappa shape index (κ1) is 14.2. The lowest BCUT2D eigenvalue weighted by Crippen LogP contribution is -2.41. The fourth-order valence-corrected chi connectivity index (χ4v) is 1.93. The number of hydrogen-bond donors (Lipinski definition) is 1. The van der Waals surface area contributed by atoms with Crippen molar-refractivity contribution in [3.8, 4) is 0 Å². The summed E-state index contributed by atoms with van der Waals surface area (Å²) in [5.41, 5.74) is 2.44. The molecule has 0 aromatic carbocycles. The van der Waals surface area contributed by atoms with Gasteiger partial charge in [-0.2, -0.15) is 5.10 Å². The summed E-state index contributed by atoms with van der Waals surface area (Å²) in [7, 11) is 1.85. The minimum absolute atomic E-state index is 0.207. The van der Waals surface area contributed by atoms with E-state index in [0.717, 1.165) is 16.8 Å². The van der Waals surface area contributed by atoms with Crippen molar-refractivity contribution in [2.45, 2.75) is 33.2 Å². The van der Waals surface area contributed by atoms with Crippen LogP contribution in [0.4, 0.5) is 0 Å². The molecule has 20 heavy (non-hydrogen) atoms. The molecule has 0 atom stereocenters. The first-order valence-corrected chi connectivity index (χ1v) is 6.41. The molecule has 106 valence electrons. The molecule has 6 nitrogen and oxygen atoms in total. The van der Waals surface area contributed by atoms with Gasteiger partial charge in [0.05, 0.1) is 11.7 Å². The largest absolute Gasteiger partial charge is 0.342 e. The number of carbonyl (C=O) groups is 1. The summed E-state index contributed by atoms with van der Waals surface area (Å²) in [5.74, 6) is -0.207. The monoisotopic (exact) mass is 273 g/mol. The summed E-state index contributed by atoms with van der Waals surface area (Å²) in [6.07, 6.45) is 5.05. The van der Waals surface area contributed by atoms with Crippen LogP contribution < -0.4 is 5.32 Å². The van der Waals surface area contributed by atoms with Crippen molar-refractivity contribution in [3.63, 3.8) is 0 Å². The highest BCUT2D eigenvalue weighted by Crippen LogP contribution is 2.20. The van der Waals surface area contributed by atoms with E-state index in [4.69, 9.17) is 0 Å². The normalized spacial score (nSPS) is 11.4. The first-order valence-electron chi connectivity index (χ1n) is 6.41. The third-order valence-electron chi connectivity index (χ3n) is 3.40. The van der Waals surface area contributed by atoms with Crippen molar-refractivity contribution in [2.75, 3.05) is 0 Å². The Hall–Kier alpha value is -2.24. The number of nitrogens with zero attached hydrogens (tertiary/aromatic N) is 4. The Labute approximate surface area is 118 Å². The van der Waals surface area contributed by atoms with E-state index in [-0.39, 0.29) is 5.91 Å². The van der Waals surface area contributed by atoms with E-state index in [2.05, 4.69) is 20.4 Å². The van der Waals surface area contributed by atoms with E-state index in [1.807, 2.05) is 40.9 Å². The Balaban J connectivity index is 2.25. The maximum absolute atomic E-state index is 12.4. The zero-order chi connectivity index (χ0) is 14.9. The lowest BCUT2D eigenvalue weighted by atomic mass is 9.97. The van der Waals surface area contributed by atoms with Crippen molar-refractivity contribution in [3.05, 3.63) is 41.2 Å². The summed E-state index contributed by atoms with van der Waals surface area (Å²) in [5, 5.41) is 7.12. The number of aryl methyl sites for hydroxylation is 2. The molecule has 1 N–H and O–H groups in total. The number of hydrogen-bond acceptors (Lipinski definition) is 4. The highest BCUT2D eigenvalue weighted by molar-refractivity contribution is 5.94. The highest BCUT2D eigenvalue weighted by atomic mass is 16.2. The van der Waals surface area contributed by atoms with Crippen LogP contribution in [-0.4, -0.2) is 25.7 Å². The average Bonchev–Trinajstić information content (AvgIpc) is 2.79. The van der Waals surface area contributed by atoms with Crippen LogP contribution in [0, 0.1) is 13.8 Å². The molecule has 6 heteroatoms. The van der Waals surface area contributed by atoms with Crippen LogP contribution in [0.5, 0.6) is 0 Å². The molecule has 0 bridgehead atoms. The van der Waals surface area contributed by atoms with Gasteiger partial charge in [-0.25, -0.2) is 9.97 Å². The summed E-state index contributed by atoms with van der Waals surface area (Å²) in [4.78, 5) is 20.5. The molecule has 0 aliphatic rings. The molecular weight excluding hydrogens is 254 g/mol. The van der Waals surface area contributed by atoms with Crippen LogP contribution in [0.15, 0.2) is 18.7 Å². The summed E-state index contributed by atoms with van der Waals surface area (Å²) < 4.78 is 1.71. The zero-order valence-electron chi connectivity index (χ0n) is 12.4. The summed E-state index contributed by atoms with van der Waals surface area (Å²) in [6, 6.07) is 0. The zero-order valence-corrected chi connectivity index (χ0v) is 12.4. The van der Waals surface area contributed by atoms with Crippen molar-refractivity contribution >= 4 is 5.91 Å². The molecule has 2 heterocycles. The molecule has 0 fully saturated rings. The number of carbonyl (C=O) groups excluding carboxylic acids is 1. The van der Waals surface area contributed by atoms with E-state index in [0.29, 0.717) is 5.69 Å². The molecule has 0 radical (unpaired) electrons. The second kappa shape index (κ2) is 5.03. The number of nitrogens with one attached hydrogen (secondary N) is 1. The van der Waals surface area contributed by atoms with Gasteiger partial charge in [0, 0.05) is 30.1 Å². The van der Waals surface area contributed by atoms with E-state index in [1.165, 1.54) is 6.33 Å². The molecule has 0 aliphatic carbocycles. The summed E-state index contributed by atoms with van der Waals surface area (Å²) in [6.45, 7) is 7.58. The van der Waals surface area contributed by atoms with Crippen LogP contribution in [0.25, 0.3) is 0 Å². The third kappa shape index (κ3) is 2.68. The fraction of sp³-hybridized carbons (Fsp3) is 0.429. The predicted molar refractivity (Wildman–Crippen MR) is 75.2 cm³/mol. The fourth-order valence-electron chi connectivity index (χ4n) is 1.93. The highest BCUT2D eigenvalue weighted by Gasteiger charge is 2.26. The van der Waals surface area contributed by atoms with Gasteiger partial charge in [-0.1, -0.05) is 0 Å². The summed E-state index contributed by atoms with van der Waals surface area (Å²) >= 11 is 0. The van der Waals surface area contributed by atoms with Crippen LogP contribution in [-0.2, 0) is 12.6 Å². The van der Waals surface area contributed by atoms with Gasteiger partial charge in [-0.05, 0) is 27.7 Å². The number of rotatable bonds is 3. The van der Waals surface area contributed by atoms with Crippen molar-refractivity contribution in [2.24, 2.45) is 7.05 Å². The van der Waals surface area contributed by atoms with Gasteiger partial charge < -0.3 is 5.32 Å². The molecule has 0 spiro atoms. The van der Waals surface area contributed by atoms with E-state index < -0.39 is 5.54 Å². The van der Waals surface area contributed by atoms with Gasteiger partial charge in [0.25, 0.3) is 5.91 Å². The smallest absolute Gasteiger partial charge is 0.270 e. The van der Waals surface area contributed by atoms with Gasteiger partial charge in [0.1, 0.15) is 12.0 Å². The first-order chi connectivity index (χ1) is 9.31. The molecule has 2 rings (SSSR count). The van der Waals surface area contributed by atoms with Gasteiger partial charge in [0.2, 0.25) is 0 Å². The van der Waals surface area contributed by atoms with Gasteiger partial charge in [-0.15, -0.1) is 0 Å². The molecule has 0 saturated heterocycles. The lowest BCUT2D eigenvalue weighted by molar-refractivity contribution is 0.0906. The van der Waals surface area contributed by atoms with Gasteiger partial charge in [-0.3, -0.25) is 9.48 Å². The quantitative estimate of drug-likeness (QED) is 0.919.